The number of amidine groups is 1. The number of aliphatic imine (C=N–C) groups is 2. The predicted octanol–water partition coefficient (Wildman–Crippen LogP) is 4.77. The van der Waals surface area contributed by atoms with Crippen LogP contribution in [0.5, 0.6) is 0 Å². The minimum atomic E-state index is 0.789. The van der Waals surface area contributed by atoms with Crippen LogP contribution in [0.4, 0.5) is 5.69 Å². The molecule has 0 saturated carbocycles. The lowest BCUT2D eigenvalue weighted by atomic mass is 10.0. The molecule has 0 spiro atoms. The highest BCUT2D eigenvalue weighted by Crippen LogP contribution is 2.24. The second-order valence-electron chi connectivity index (χ2n) is 5.53. The van der Waals surface area contributed by atoms with E-state index in [0.29, 0.717) is 0 Å². The van der Waals surface area contributed by atoms with E-state index < -0.39 is 0 Å². The Morgan fingerprint density at radius 2 is 1.86 bits per heavy atom. The maximum Gasteiger partial charge on any atom is 0.135 e. The van der Waals surface area contributed by atoms with Gasteiger partial charge in [0.1, 0.15) is 5.84 Å². The average molecular weight is 297 g/mol. The van der Waals surface area contributed by atoms with Crippen LogP contribution in [0.25, 0.3) is 0 Å². The molecule has 0 aliphatic rings. The maximum atomic E-state index is 4.61. The minimum absolute atomic E-state index is 0.789. The molecule has 0 unspecified atom stereocenters. The van der Waals surface area contributed by atoms with Crippen molar-refractivity contribution in [2.45, 2.75) is 34.6 Å². The minimum Gasteiger partial charge on any atom is -0.329 e. The third-order valence-electron chi connectivity index (χ3n) is 3.64. The van der Waals surface area contributed by atoms with E-state index in [0.717, 1.165) is 34.1 Å². The molecule has 1 aromatic carbocycles. The molecule has 118 valence electrons. The Balaban J connectivity index is 3.49. The number of hydrogen-bond acceptors (Lipinski definition) is 2. The number of benzene rings is 1. The fraction of sp³-hybridized carbons (Fsp3) is 0.368. The third-order valence-corrected chi connectivity index (χ3v) is 3.64. The van der Waals surface area contributed by atoms with Crippen LogP contribution in [0.1, 0.15) is 38.8 Å². The van der Waals surface area contributed by atoms with E-state index in [1.54, 1.807) is 0 Å². The Labute approximate surface area is 134 Å². The molecule has 0 saturated heterocycles. The molecule has 0 N–H and O–H groups in total. The molecule has 0 radical (unpaired) electrons. The van der Waals surface area contributed by atoms with Gasteiger partial charge >= 0.3 is 0 Å². The Morgan fingerprint density at radius 3 is 2.36 bits per heavy atom. The Kier molecular flexibility index (Phi) is 6.29. The summed E-state index contributed by atoms with van der Waals surface area (Å²) in [6, 6.07) is 6.40. The van der Waals surface area contributed by atoms with Gasteiger partial charge in [-0.1, -0.05) is 24.3 Å². The first-order chi connectivity index (χ1) is 10.3. The highest BCUT2D eigenvalue weighted by atomic mass is 15.2. The molecule has 0 heterocycles. The van der Waals surface area contributed by atoms with Crippen molar-refractivity contribution in [2.75, 3.05) is 19.0 Å². The monoisotopic (exact) mass is 297 g/mol. The first kappa shape index (κ1) is 17.9. The van der Waals surface area contributed by atoms with Crippen LogP contribution in [0.3, 0.4) is 0 Å². The molecule has 0 fully saturated rings. The smallest absolute Gasteiger partial charge is 0.135 e. The van der Waals surface area contributed by atoms with E-state index >= 15 is 0 Å². The van der Waals surface area contributed by atoms with Crippen molar-refractivity contribution in [2.24, 2.45) is 9.98 Å². The number of aryl methyl sites for hydroxylation is 1. The summed E-state index contributed by atoms with van der Waals surface area (Å²) in [5.74, 6) is 0.906. The summed E-state index contributed by atoms with van der Waals surface area (Å²) in [7, 11) is 3.85. The summed E-state index contributed by atoms with van der Waals surface area (Å²) in [4.78, 5) is 11.1. The fourth-order valence-corrected chi connectivity index (χ4v) is 2.20. The molecule has 0 aromatic heterocycles. The van der Waals surface area contributed by atoms with E-state index in [2.05, 4.69) is 59.6 Å². The topological polar surface area (TPSA) is 28.0 Å². The molecule has 0 bridgehead atoms. The van der Waals surface area contributed by atoms with Gasteiger partial charge in [-0.25, -0.2) is 4.99 Å². The van der Waals surface area contributed by atoms with Crippen molar-refractivity contribution in [1.82, 2.24) is 0 Å². The fourth-order valence-electron chi connectivity index (χ4n) is 2.20. The number of likely N-dealkylation sites (N-methyl/N-ethyl adjacent to an activating group) is 1. The summed E-state index contributed by atoms with van der Waals surface area (Å²) < 4.78 is 0. The van der Waals surface area contributed by atoms with Crippen LogP contribution >= 0.6 is 0 Å². The zero-order valence-corrected chi connectivity index (χ0v) is 14.9. The van der Waals surface area contributed by atoms with Gasteiger partial charge < -0.3 is 4.90 Å². The molecular formula is C19H27N3. The summed E-state index contributed by atoms with van der Waals surface area (Å²) in [5, 5.41) is 0. The van der Waals surface area contributed by atoms with Gasteiger partial charge in [0, 0.05) is 31.1 Å². The quantitative estimate of drug-likeness (QED) is 0.581. The number of nitrogens with zero attached hydrogens (tertiary/aromatic N) is 3. The highest BCUT2D eigenvalue weighted by Gasteiger charge is 2.15. The molecule has 0 aliphatic heterocycles. The maximum absolute atomic E-state index is 4.61. The van der Waals surface area contributed by atoms with Gasteiger partial charge in [-0.15, -0.1) is 0 Å². The molecule has 0 aliphatic carbocycles. The van der Waals surface area contributed by atoms with Crippen molar-refractivity contribution >= 4 is 17.2 Å². The van der Waals surface area contributed by atoms with Gasteiger partial charge in [-0.05, 0) is 52.3 Å². The first-order valence-electron chi connectivity index (χ1n) is 7.47. The van der Waals surface area contributed by atoms with E-state index in [1.165, 1.54) is 5.56 Å². The van der Waals surface area contributed by atoms with Crippen LogP contribution in [0.2, 0.25) is 0 Å². The Morgan fingerprint density at radius 1 is 1.23 bits per heavy atom. The van der Waals surface area contributed by atoms with Crippen molar-refractivity contribution < 1.29 is 0 Å². The molecule has 0 atom stereocenters. The van der Waals surface area contributed by atoms with Crippen molar-refractivity contribution in [3.05, 3.63) is 53.3 Å². The second-order valence-corrected chi connectivity index (χ2v) is 5.53. The molecule has 1 rings (SSSR count). The standard InChI is InChI=1S/C19H27N3/c1-9-15(5)19(21-13(2)3)22(8)18-11-10-14(4)12-17(18)16(6)20-7/h9-12H,2H2,1,3-8H3/b15-9-,20-16?,21-19?. The summed E-state index contributed by atoms with van der Waals surface area (Å²) in [6.07, 6.45) is 2.06. The van der Waals surface area contributed by atoms with Gasteiger partial charge in [0.25, 0.3) is 0 Å². The molecule has 3 heteroatoms. The summed E-state index contributed by atoms with van der Waals surface area (Å²) in [6.45, 7) is 14.0. The summed E-state index contributed by atoms with van der Waals surface area (Å²) >= 11 is 0. The number of rotatable bonds is 4. The van der Waals surface area contributed by atoms with E-state index in [9.17, 15) is 0 Å². The average Bonchev–Trinajstić information content (AvgIpc) is 2.50. The van der Waals surface area contributed by atoms with Gasteiger partial charge in [0.2, 0.25) is 0 Å². The SMILES string of the molecule is C=C(C)N=C(/C(C)=C\C)N(C)c1ccc(C)cc1C(C)=NC. The van der Waals surface area contributed by atoms with E-state index in [-0.39, 0.29) is 0 Å². The van der Waals surface area contributed by atoms with Crippen LogP contribution in [0.15, 0.2) is 52.1 Å². The van der Waals surface area contributed by atoms with Crippen LogP contribution in [-0.2, 0) is 0 Å². The van der Waals surface area contributed by atoms with Crippen molar-refractivity contribution in [1.29, 1.82) is 0 Å². The number of allylic oxidation sites excluding steroid dienone is 2. The summed E-state index contributed by atoms with van der Waals surface area (Å²) in [5.41, 5.74) is 6.36. The first-order valence-corrected chi connectivity index (χ1v) is 7.47. The normalized spacial score (nSPS) is 13.3. The highest BCUT2D eigenvalue weighted by molar-refractivity contribution is 6.13. The number of anilines is 1. The zero-order valence-electron chi connectivity index (χ0n) is 14.9. The predicted molar refractivity (Wildman–Crippen MR) is 99.4 cm³/mol. The largest absolute Gasteiger partial charge is 0.329 e. The molecule has 22 heavy (non-hydrogen) atoms. The van der Waals surface area contributed by atoms with Gasteiger partial charge in [-0.3, -0.25) is 4.99 Å². The molecule has 3 nitrogen and oxygen atoms in total. The molecular weight excluding hydrogens is 270 g/mol. The zero-order chi connectivity index (χ0) is 16.9. The van der Waals surface area contributed by atoms with Gasteiger partial charge in [0.05, 0.1) is 5.69 Å². The lowest BCUT2D eigenvalue weighted by Crippen LogP contribution is -2.29. The molecule has 0 amide bonds. The van der Waals surface area contributed by atoms with Crippen molar-refractivity contribution in [3.8, 4) is 0 Å². The van der Waals surface area contributed by atoms with Gasteiger partial charge in [-0.2, -0.15) is 0 Å². The Hall–Kier alpha value is -2.16. The van der Waals surface area contributed by atoms with Crippen molar-refractivity contribution in [3.63, 3.8) is 0 Å². The van der Waals surface area contributed by atoms with Gasteiger partial charge in [0.15, 0.2) is 0 Å². The van der Waals surface area contributed by atoms with Crippen LogP contribution in [-0.4, -0.2) is 25.6 Å². The Bertz CT molecular complexity index is 649. The lowest BCUT2D eigenvalue weighted by molar-refractivity contribution is 1.19. The van der Waals surface area contributed by atoms with E-state index in [4.69, 9.17) is 0 Å². The van der Waals surface area contributed by atoms with E-state index in [1.807, 2.05) is 34.9 Å². The van der Waals surface area contributed by atoms with Crippen LogP contribution in [0, 0.1) is 6.92 Å². The third kappa shape index (κ3) is 4.17. The van der Waals surface area contributed by atoms with Crippen LogP contribution < -0.4 is 4.90 Å². The number of hydrogen-bond donors (Lipinski definition) is 0. The molecule has 1 aromatic rings. The second kappa shape index (κ2) is 7.74. The lowest BCUT2D eigenvalue weighted by Gasteiger charge is -2.25.